The zero-order valence-corrected chi connectivity index (χ0v) is 12.8. The molecule has 0 aromatic carbocycles. The zero-order valence-electron chi connectivity index (χ0n) is 11.2. The number of nitrogens with zero attached hydrogens (tertiary/aromatic N) is 3. The standard InChI is InChI=1S/C12H19N3O2S2/c1-8(18-2)5-6-15-11(9-3-4-9)13-14-12(15)19-7-10(16)17/h8-9H,3-7H2,1-2H3,(H,16,17). The predicted molar refractivity (Wildman–Crippen MR) is 78.0 cm³/mol. The van der Waals surface area contributed by atoms with E-state index in [1.54, 1.807) is 0 Å². The Labute approximate surface area is 121 Å². The van der Waals surface area contributed by atoms with Crippen LogP contribution >= 0.6 is 23.5 Å². The third-order valence-electron chi connectivity index (χ3n) is 3.17. The summed E-state index contributed by atoms with van der Waals surface area (Å²) < 4.78 is 2.12. The van der Waals surface area contributed by atoms with Crippen LogP contribution in [0.5, 0.6) is 0 Å². The Morgan fingerprint density at radius 1 is 1.53 bits per heavy atom. The molecular formula is C12H19N3O2S2. The van der Waals surface area contributed by atoms with Crippen molar-refractivity contribution in [1.29, 1.82) is 0 Å². The van der Waals surface area contributed by atoms with Crippen LogP contribution in [-0.4, -0.2) is 43.1 Å². The number of hydrogen-bond acceptors (Lipinski definition) is 5. The molecule has 2 rings (SSSR count). The summed E-state index contributed by atoms with van der Waals surface area (Å²) in [5.74, 6) is 0.809. The Bertz CT molecular complexity index is 446. The van der Waals surface area contributed by atoms with Crippen molar-refractivity contribution >= 4 is 29.5 Å². The maximum atomic E-state index is 10.7. The van der Waals surface area contributed by atoms with Gasteiger partial charge in [-0.1, -0.05) is 18.7 Å². The van der Waals surface area contributed by atoms with Crippen LogP contribution in [0, 0.1) is 0 Å². The quantitative estimate of drug-likeness (QED) is 0.744. The SMILES string of the molecule is CSC(C)CCn1c(SCC(=O)O)nnc1C1CC1. The molecule has 1 atom stereocenters. The molecular weight excluding hydrogens is 282 g/mol. The molecule has 1 aliphatic rings. The summed E-state index contributed by atoms with van der Waals surface area (Å²) in [6, 6.07) is 0. The highest BCUT2D eigenvalue weighted by atomic mass is 32.2. The summed E-state index contributed by atoms with van der Waals surface area (Å²) in [7, 11) is 0. The zero-order chi connectivity index (χ0) is 13.8. The van der Waals surface area contributed by atoms with Crippen molar-refractivity contribution < 1.29 is 9.90 Å². The van der Waals surface area contributed by atoms with E-state index >= 15 is 0 Å². The molecule has 106 valence electrons. The van der Waals surface area contributed by atoms with Gasteiger partial charge in [0, 0.05) is 17.7 Å². The average molecular weight is 301 g/mol. The summed E-state index contributed by atoms with van der Waals surface area (Å²) in [6.45, 7) is 3.08. The van der Waals surface area contributed by atoms with Crippen molar-refractivity contribution in [3.8, 4) is 0 Å². The van der Waals surface area contributed by atoms with E-state index in [1.807, 2.05) is 11.8 Å². The lowest BCUT2D eigenvalue weighted by atomic mass is 10.3. The lowest BCUT2D eigenvalue weighted by molar-refractivity contribution is -0.133. The van der Waals surface area contributed by atoms with E-state index < -0.39 is 5.97 Å². The molecule has 0 amide bonds. The number of hydrogen-bond donors (Lipinski definition) is 1. The first-order valence-corrected chi connectivity index (χ1v) is 8.69. The maximum Gasteiger partial charge on any atom is 0.313 e. The molecule has 0 saturated heterocycles. The van der Waals surface area contributed by atoms with Gasteiger partial charge >= 0.3 is 5.97 Å². The van der Waals surface area contributed by atoms with E-state index in [4.69, 9.17) is 5.11 Å². The van der Waals surface area contributed by atoms with Crippen LogP contribution in [0.4, 0.5) is 0 Å². The Morgan fingerprint density at radius 3 is 2.84 bits per heavy atom. The monoisotopic (exact) mass is 301 g/mol. The van der Waals surface area contributed by atoms with Crippen molar-refractivity contribution in [2.24, 2.45) is 0 Å². The minimum Gasteiger partial charge on any atom is -0.481 e. The molecule has 1 saturated carbocycles. The molecule has 19 heavy (non-hydrogen) atoms. The average Bonchev–Trinajstić information content (AvgIpc) is 3.15. The van der Waals surface area contributed by atoms with E-state index in [9.17, 15) is 4.79 Å². The van der Waals surface area contributed by atoms with Crippen molar-refractivity contribution in [2.45, 2.75) is 49.1 Å². The molecule has 1 fully saturated rings. The van der Waals surface area contributed by atoms with E-state index in [-0.39, 0.29) is 5.75 Å². The fourth-order valence-electron chi connectivity index (χ4n) is 1.82. The van der Waals surface area contributed by atoms with Gasteiger partial charge in [-0.25, -0.2) is 0 Å². The molecule has 1 unspecified atom stereocenters. The molecule has 0 radical (unpaired) electrons. The first-order chi connectivity index (χ1) is 9.11. The Kier molecular flexibility index (Phi) is 5.15. The van der Waals surface area contributed by atoms with Gasteiger partial charge in [0.1, 0.15) is 5.82 Å². The normalized spacial score (nSPS) is 16.5. The minimum atomic E-state index is -0.815. The topological polar surface area (TPSA) is 68.0 Å². The van der Waals surface area contributed by atoms with Gasteiger partial charge in [-0.2, -0.15) is 11.8 Å². The van der Waals surface area contributed by atoms with Crippen LogP contribution in [0.3, 0.4) is 0 Å². The Hall–Kier alpha value is -0.690. The van der Waals surface area contributed by atoms with Crippen LogP contribution in [-0.2, 0) is 11.3 Å². The molecule has 0 aliphatic heterocycles. The molecule has 1 aromatic rings. The summed E-state index contributed by atoms with van der Waals surface area (Å²) in [4.78, 5) is 10.7. The summed E-state index contributed by atoms with van der Waals surface area (Å²) in [6.07, 6.45) is 5.53. The molecule has 1 N–H and O–H groups in total. The van der Waals surface area contributed by atoms with Crippen LogP contribution in [0.25, 0.3) is 0 Å². The number of carboxylic acids is 1. The highest BCUT2D eigenvalue weighted by Gasteiger charge is 2.30. The minimum absolute atomic E-state index is 0.0425. The summed E-state index contributed by atoms with van der Waals surface area (Å²) in [5.41, 5.74) is 0. The summed E-state index contributed by atoms with van der Waals surface area (Å²) >= 11 is 3.11. The molecule has 7 heteroatoms. The molecule has 5 nitrogen and oxygen atoms in total. The summed E-state index contributed by atoms with van der Waals surface area (Å²) in [5, 5.41) is 18.5. The number of aliphatic carboxylic acids is 1. The lowest BCUT2D eigenvalue weighted by Crippen LogP contribution is -2.10. The van der Waals surface area contributed by atoms with E-state index in [0.717, 1.165) is 23.9 Å². The fraction of sp³-hybridized carbons (Fsp3) is 0.750. The van der Waals surface area contributed by atoms with Gasteiger partial charge in [0.05, 0.1) is 5.75 Å². The number of thioether (sulfide) groups is 2. The first kappa shape index (κ1) is 14.7. The molecule has 1 aromatic heterocycles. The van der Waals surface area contributed by atoms with Crippen LogP contribution in [0.1, 0.15) is 37.9 Å². The van der Waals surface area contributed by atoms with Gasteiger partial charge in [-0.05, 0) is 25.5 Å². The van der Waals surface area contributed by atoms with Crippen molar-refractivity contribution in [2.75, 3.05) is 12.0 Å². The van der Waals surface area contributed by atoms with Gasteiger partial charge < -0.3 is 9.67 Å². The highest BCUT2D eigenvalue weighted by Crippen LogP contribution is 2.40. The first-order valence-electron chi connectivity index (χ1n) is 6.42. The molecule has 0 spiro atoms. The fourth-order valence-corrected chi connectivity index (χ4v) is 2.85. The maximum absolute atomic E-state index is 10.7. The number of rotatable bonds is 8. The van der Waals surface area contributed by atoms with E-state index in [2.05, 4.69) is 27.9 Å². The van der Waals surface area contributed by atoms with Crippen LogP contribution < -0.4 is 0 Å². The Morgan fingerprint density at radius 2 is 2.26 bits per heavy atom. The third-order valence-corrected chi connectivity index (χ3v) is 5.17. The van der Waals surface area contributed by atoms with Gasteiger partial charge in [0.25, 0.3) is 0 Å². The van der Waals surface area contributed by atoms with Gasteiger partial charge in [-0.15, -0.1) is 10.2 Å². The Balaban J connectivity index is 2.06. The van der Waals surface area contributed by atoms with E-state index in [0.29, 0.717) is 11.2 Å². The van der Waals surface area contributed by atoms with Gasteiger partial charge in [0.2, 0.25) is 0 Å². The molecule has 0 bridgehead atoms. The lowest BCUT2D eigenvalue weighted by Gasteiger charge is -2.12. The van der Waals surface area contributed by atoms with Crippen molar-refractivity contribution in [3.05, 3.63) is 5.82 Å². The van der Waals surface area contributed by atoms with Crippen molar-refractivity contribution in [3.63, 3.8) is 0 Å². The largest absolute Gasteiger partial charge is 0.481 e. The van der Waals surface area contributed by atoms with E-state index in [1.165, 1.54) is 24.6 Å². The van der Waals surface area contributed by atoms with Gasteiger partial charge in [0.15, 0.2) is 5.16 Å². The third kappa shape index (κ3) is 4.14. The number of carbonyl (C=O) groups is 1. The van der Waals surface area contributed by atoms with Crippen molar-refractivity contribution in [1.82, 2.24) is 14.8 Å². The van der Waals surface area contributed by atoms with Crippen LogP contribution in [0.15, 0.2) is 5.16 Å². The second-order valence-electron chi connectivity index (χ2n) is 4.78. The number of carboxylic acid groups (broad SMARTS) is 1. The second-order valence-corrected chi connectivity index (χ2v) is 7.00. The predicted octanol–water partition coefficient (Wildman–Crippen LogP) is 2.47. The highest BCUT2D eigenvalue weighted by molar-refractivity contribution is 7.99. The number of aromatic nitrogens is 3. The second kappa shape index (κ2) is 6.65. The van der Waals surface area contributed by atoms with Gasteiger partial charge in [-0.3, -0.25) is 4.79 Å². The molecule has 1 heterocycles. The van der Waals surface area contributed by atoms with Crippen LogP contribution in [0.2, 0.25) is 0 Å². The molecule has 1 aliphatic carbocycles. The smallest absolute Gasteiger partial charge is 0.313 e.